The summed E-state index contributed by atoms with van der Waals surface area (Å²) in [5, 5.41) is 0.350. The third kappa shape index (κ3) is 4.18. The van der Waals surface area contributed by atoms with Gasteiger partial charge in [0.05, 0.1) is 5.69 Å². The van der Waals surface area contributed by atoms with Gasteiger partial charge in [0.25, 0.3) is 0 Å². The van der Waals surface area contributed by atoms with E-state index in [1.165, 1.54) is 12.1 Å². The van der Waals surface area contributed by atoms with E-state index in [1.54, 1.807) is 6.07 Å². The van der Waals surface area contributed by atoms with Crippen LogP contribution in [0.15, 0.2) is 23.1 Å². The number of nitrogen functional groups attached to an aromatic ring is 1. The number of hydrogen-bond acceptors (Lipinski definition) is 3. The Hall–Kier alpha value is -0.780. The Morgan fingerprint density at radius 1 is 1.41 bits per heavy atom. The quantitative estimate of drug-likeness (QED) is 0.810. The smallest absolute Gasteiger partial charge is 0.242 e. The second kappa shape index (κ2) is 5.71. The zero-order valence-corrected chi connectivity index (χ0v) is 11.5. The Bertz CT molecular complexity index is 486. The van der Waals surface area contributed by atoms with E-state index < -0.39 is 10.0 Å². The molecule has 1 aromatic carbocycles. The fraction of sp³-hybridized carbons (Fsp3) is 0.455. The van der Waals surface area contributed by atoms with E-state index in [1.807, 2.05) is 13.8 Å². The minimum absolute atomic E-state index is 0.0359. The molecular weight excluding hydrogens is 260 g/mol. The van der Waals surface area contributed by atoms with Gasteiger partial charge in [-0.15, -0.1) is 0 Å². The minimum atomic E-state index is -3.57. The van der Waals surface area contributed by atoms with Crippen LogP contribution in [0, 0.1) is 5.92 Å². The summed E-state index contributed by atoms with van der Waals surface area (Å²) >= 11 is 5.76. The van der Waals surface area contributed by atoms with Crippen molar-refractivity contribution >= 4 is 27.3 Å². The maximum Gasteiger partial charge on any atom is 0.242 e. The summed E-state index contributed by atoms with van der Waals surface area (Å²) in [6.45, 7) is 4.45. The van der Waals surface area contributed by atoms with Crippen molar-refractivity contribution in [3.63, 3.8) is 0 Å². The monoisotopic (exact) mass is 276 g/mol. The van der Waals surface area contributed by atoms with Gasteiger partial charge in [-0.05, 0) is 30.5 Å². The average molecular weight is 277 g/mol. The molecule has 17 heavy (non-hydrogen) atoms. The van der Waals surface area contributed by atoms with Crippen LogP contribution in [0.1, 0.15) is 20.3 Å². The predicted molar refractivity (Wildman–Crippen MR) is 70.5 cm³/mol. The lowest BCUT2D eigenvalue weighted by Crippen LogP contribution is -2.26. The van der Waals surface area contributed by atoms with Crippen molar-refractivity contribution in [3.05, 3.63) is 23.2 Å². The second-order valence-electron chi connectivity index (χ2n) is 4.26. The van der Waals surface area contributed by atoms with Crippen molar-refractivity contribution in [2.45, 2.75) is 25.2 Å². The van der Waals surface area contributed by atoms with Crippen molar-refractivity contribution in [1.29, 1.82) is 0 Å². The van der Waals surface area contributed by atoms with Crippen LogP contribution >= 0.6 is 11.6 Å². The number of rotatable bonds is 5. The number of nitrogens with two attached hydrogens (primary N) is 1. The molecule has 96 valence electrons. The number of benzene rings is 1. The molecule has 0 aromatic heterocycles. The molecule has 1 rings (SSSR count). The van der Waals surface area contributed by atoms with Gasteiger partial charge in [0.15, 0.2) is 0 Å². The molecule has 0 spiro atoms. The van der Waals surface area contributed by atoms with Crippen molar-refractivity contribution in [2.24, 2.45) is 5.92 Å². The van der Waals surface area contributed by atoms with Gasteiger partial charge in [-0.25, -0.2) is 13.1 Å². The molecule has 4 nitrogen and oxygen atoms in total. The minimum Gasteiger partial charge on any atom is -0.398 e. The molecular formula is C11H17ClN2O2S. The van der Waals surface area contributed by atoms with Crippen LogP contribution in [0.25, 0.3) is 0 Å². The summed E-state index contributed by atoms with van der Waals surface area (Å²) in [6, 6.07) is 4.40. The highest BCUT2D eigenvalue weighted by molar-refractivity contribution is 7.89. The summed E-state index contributed by atoms with van der Waals surface area (Å²) in [5.74, 6) is 0.439. The van der Waals surface area contributed by atoms with Gasteiger partial charge in [0.1, 0.15) is 4.90 Å². The molecule has 0 aliphatic carbocycles. The Labute approximate surface area is 107 Å². The summed E-state index contributed by atoms with van der Waals surface area (Å²) < 4.78 is 26.4. The number of nitrogens with one attached hydrogen (secondary N) is 1. The first kappa shape index (κ1) is 14.3. The van der Waals surface area contributed by atoms with Crippen molar-refractivity contribution < 1.29 is 8.42 Å². The van der Waals surface area contributed by atoms with E-state index in [-0.39, 0.29) is 10.6 Å². The first-order valence-corrected chi connectivity index (χ1v) is 7.23. The number of halogens is 1. The Morgan fingerprint density at radius 3 is 2.65 bits per heavy atom. The molecule has 0 unspecified atom stereocenters. The lowest BCUT2D eigenvalue weighted by Gasteiger charge is -2.10. The molecule has 0 heterocycles. The number of sulfonamides is 1. The van der Waals surface area contributed by atoms with E-state index in [0.717, 1.165) is 6.42 Å². The Kier molecular flexibility index (Phi) is 4.80. The zero-order valence-electron chi connectivity index (χ0n) is 9.90. The lowest BCUT2D eigenvalue weighted by molar-refractivity contribution is 0.552. The van der Waals surface area contributed by atoms with Gasteiger partial charge in [-0.3, -0.25) is 0 Å². The molecule has 0 fully saturated rings. The molecule has 3 N–H and O–H groups in total. The van der Waals surface area contributed by atoms with E-state index in [9.17, 15) is 8.42 Å². The predicted octanol–water partition coefficient (Wildman–Crippen LogP) is 2.25. The van der Waals surface area contributed by atoms with Crippen LogP contribution in [0.4, 0.5) is 5.69 Å². The van der Waals surface area contributed by atoms with Crippen LogP contribution in [-0.4, -0.2) is 15.0 Å². The van der Waals surface area contributed by atoms with Crippen LogP contribution in [0.5, 0.6) is 0 Å². The first-order chi connectivity index (χ1) is 7.83. The van der Waals surface area contributed by atoms with Crippen LogP contribution in [-0.2, 0) is 10.0 Å². The zero-order chi connectivity index (χ0) is 13.1. The third-order valence-electron chi connectivity index (χ3n) is 2.28. The van der Waals surface area contributed by atoms with Gasteiger partial charge in [-0.1, -0.05) is 25.4 Å². The van der Waals surface area contributed by atoms with Gasteiger partial charge in [0, 0.05) is 11.6 Å². The van der Waals surface area contributed by atoms with E-state index in [0.29, 0.717) is 17.5 Å². The number of hydrogen-bond donors (Lipinski definition) is 2. The Morgan fingerprint density at radius 2 is 2.06 bits per heavy atom. The maximum atomic E-state index is 11.9. The van der Waals surface area contributed by atoms with Crippen molar-refractivity contribution in [3.8, 4) is 0 Å². The molecule has 1 aromatic rings. The Balaban J connectivity index is 2.86. The average Bonchev–Trinajstić information content (AvgIpc) is 2.20. The molecule has 0 atom stereocenters. The molecule has 0 radical (unpaired) electrons. The normalized spacial score (nSPS) is 12.0. The molecule has 0 saturated carbocycles. The molecule has 0 amide bonds. The van der Waals surface area contributed by atoms with Gasteiger partial charge >= 0.3 is 0 Å². The van der Waals surface area contributed by atoms with Gasteiger partial charge < -0.3 is 5.73 Å². The van der Waals surface area contributed by atoms with Crippen molar-refractivity contribution in [2.75, 3.05) is 12.3 Å². The second-order valence-corrected chi connectivity index (χ2v) is 6.43. The van der Waals surface area contributed by atoms with E-state index in [2.05, 4.69) is 4.72 Å². The standard InChI is InChI=1S/C11H17ClN2O2S/c1-8(2)5-6-14-17(15,16)11-7-9(12)3-4-10(11)13/h3-4,7-8,14H,5-6,13H2,1-2H3. The topological polar surface area (TPSA) is 72.2 Å². The molecule has 0 aliphatic heterocycles. The van der Waals surface area contributed by atoms with Crippen molar-refractivity contribution in [1.82, 2.24) is 4.72 Å². The van der Waals surface area contributed by atoms with Crippen LogP contribution in [0.2, 0.25) is 5.02 Å². The summed E-state index contributed by atoms with van der Waals surface area (Å²) in [6.07, 6.45) is 0.777. The highest BCUT2D eigenvalue weighted by Gasteiger charge is 2.17. The largest absolute Gasteiger partial charge is 0.398 e. The third-order valence-corrected chi connectivity index (χ3v) is 4.03. The lowest BCUT2D eigenvalue weighted by atomic mass is 10.1. The van der Waals surface area contributed by atoms with Crippen LogP contribution < -0.4 is 10.5 Å². The summed E-state index contributed by atoms with van der Waals surface area (Å²) in [5.41, 5.74) is 5.83. The first-order valence-electron chi connectivity index (χ1n) is 5.37. The molecule has 0 saturated heterocycles. The van der Waals surface area contributed by atoms with Crippen LogP contribution in [0.3, 0.4) is 0 Å². The SMILES string of the molecule is CC(C)CCNS(=O)(=O)c1cc(Cl)ccc1N. The number of anilines is 1. The van der Waals surface area contributed by atoms with E-state index in [4.69, 9.17) is 17.3 Å². The highest BCUT2D eigenvalue weighted by Crippen LogP contribution is 2.22. The highest BCUT2D eigenvalue weighted by atomic mass is 35.5. The van der Waals surface area contributed by atoms with Gasteiger partial charge in [0.2, 0.25) is 10.0 Å². The van der Waals surface area contributed by atoms with E-state index >= 15 is 0 Å². The molecule has 6 heteroatoms. The summed E-state index contributed by atoms with van der Waals surface area (Å²) in [7, 11) is -3.57. The summed E-state index contributed by atoms with van der Waals surface area (Å²) in [4.78, 5) is 0.0359. The molecule has 0 aliphatic rings. The fourth-order valence-electron chi connectivity index (χ4n) is 1.30. The maximum absolute atomic E-state index is 11.9. The van der Waals surface area contributed by atoms with Gasteiger partial charge in [-0.2, -0.15) is 0 Å². The fourth-order valence-corrected chi connectivity index (χ4v) is 2.74. The molecule has 0 bridgehead atoms.